The van der Waals surface area contributed by atoms with Gasteiger partial charge in [-0.1, -0.05) is 18.2 Å². The third-order valence-corrected chi connectivity index (χ3v) is 5.26. The summed E-state index contributed by atoms with van der Waals surface area (Å²) < 4.78 is 37.1. The zero-order chi connectivity index (χ0) is 15.9. The van der Waals surface area contributed by atoms with E-state index in [9.17, 15) is 13.5 Å². The number of aliphatic hydroxyl groups is 1. The van der Waals surface area contributed by atoms with Crippen LogP contribution >= 0.6 is 0 Å². The molecule has 120 valence electrons. The van der Waals surface area contributed by atoms with Crippen LogP contribution in [-0.4, -0.2) is 57.8 Å². The Balaban J connectivity index is 3.19. The lowest BCUT2D eigenvalue weighted by atomic mass is 10.2. The summed E-state index contributed by atoms with van der Waals surface area (Å²) in [6.45, 7) is 2.24. The smallest absolute Gasteiger partial charge is 0.243 e. The Labute approximate surface area is 126 Å². The van der Waals surface area contributed by atoms with Crippen LogP contribution in [0.3, 0.4) is 0 Å². The second kappa shape index (κ2) is 8.45. The standard InChI is InChI=1S/C14H23NO5S/c1-12(11-20-3)15(8-9-19-2)21(17,18)14-7-5-4-6-13(14)10-16/h4-7,12,16H,8-11H2,1-3H3. The van der Waals surface area contributed by atoms with Crippen molar-refractivity contribution in [2.24, 2.45) is 0 Å². The zero-order valence-corrected chi connectivity index (χ0v) is 13.5. The largest absolute Gasteiger partial charge is 0.392 e. The van der Waals surface area contributed by atoms with E-state index in [1.54, 1.807) is 25.1 Å². The summed E-state index contributed by atoms with van der Waals surface area (Å²) in [5.74, 6) is 0. The molecule has 0 spiro atoms. The van der Waals surface area contributed by atoms with Crippen molar-refractivity contribution in [3.05, 3.63) is 29.8 Å². The fourth-order valence-corrected chi connectivity index (χ4v) is 3.91. The lowest BCUT2D eigenvalue weighted by Crippen LogP contribution is -2.43. The maximum Gasteiger partial charge on any atom is 0.243 e. The third kappa shape index (κ3) is 4.49. The molecule has 6 nitrogen and oxygen atoms in total. The first-order chi connectivity index (χ1) is 9.98. The number of rotatable bonds is 9. The predicted molar refractivity (Wildman–Crippen MR) is 79.5 cm³/mol. The molecule has 21 heavy (non-hydrogen) atoms. The van der Waals surface area contributed by atoms with Crippen LogP contribution in [-0.2, 0) is 26.1 Å². The molecule has 1 atom stereocenters. The Kier molecular flexibility index (Phi) is 7.27. The van der Waals surface area contributed by atoms with E-state index in [1.165, 1.54) is 24.6 Å². The van der Waals surface area contributed by atoms with Crippen molar-refractivity contribution < 1.29 is 23.0 Å². The predicted octanol–water partition coefficient (Wildman–Crippen LogP) is 0.851. The Morgan fingerprint density at radius 2 is 1.90 bits per heavy atom. The van der Waals surface area contributed by atoms with E-state index in [2.05, 4.69) is 0 Å². The van der Waals surface area contributed by atoms with Crippen molar-refractivity contribution in [3.8, 4) is 0 Å². The number of methoxy groups -OCH3 is 2. The van der Waals surface area contributed by atoms with E-state index in [-0.39, 0.29) is 37.3 Å². The third-order valence-electron chi connectivity index (χ3n) is 3.14. The van der Waals surface area contributed by atoms with Gasteiger partial charge in [0.05, 0.1) is 24.7 Å². The second-order valence-electron chi connectivity index (χ2n) is 4.68. The van der Waals surface area contributed by atoms with Gasteiger partial charge >= 0.3 is 0 Å². The molecular formula is C14H23NO5S. The molecule has 0 aliphatic rings. The van der Waals surface area contributed by atoms with Gasteiger partial charge in [0.1, 0.15) is 0 Å². The van der Waals surface area contributed by atoms with E-state index < -0.39 is 10.0 Å². The van der Waals surface area contributed by atoms with Crippen LogP contribution in [0.4, 0.5) is 0 Å². The van der Waals surface area contributed by atoms with E-state index in [4.69, 9.17) is 9.47 Å². The van der Waals surface area contributed by atoms with Crippen LogP contribution in [0.15, 0.2) is 29.2 Å². The van der Waals surface area contributed by atoms with E-state index in [0.717, 1.165) is 0 Å². The highest BCUT2D eigenvalue weighted by Gasteiger charge is 2.30. The topological polar surface area (TPSA) is 76.1 Å². The van der Waals surface area contributed by atoms with Crippen molar-refractivity contribution in [1.82, 2.24) is 4.31 Å². The Morgan fingerprint density at radius 3 is 2.48 bits per heavy atom. The second-order valence-corrected chi connectivity index (χ2v) is 6.54. The Morgan fingerprint density at radius 1 is 1.24 bits per heavy atom. The molecule has 0 amide bonds. The van der Waals surface area contributed by atoms with Gasteiger partial charge in [-0.2, -0.15) is 4.31 Å². The minimum absolute atomic E-state index is 0.117. The molecule has 1 rings (SSSR count). The number of aliphatic hydroxyl groups excluding tert-OH is 1. The van der Waals surface area contributed by atoms with Crippen molar-refractivity contribution in [3.63, 3.8) is 0 Å². The fourth-order valence-electron chi connectivity index (χ4n) is 2.10. The highest BCUT2D eigenvalue weighted by Crippen LogP contribution is 2.22. The molecule has 1 unspecified atom stereocenters. The maximum atomic E-state index is 12.8. The van der Waals surface area contributed by atoms with Gasteiger partial charge in [-0.15, -0.1) is 0 Å². The molecule has 1 aromatic carbocycles. The zero-order valence-electron chi connectivity index (χ0n) is 12.7. The molecule has 0 aromatic heterocycles. The van der Waals surface area contributed by atoms with Crippen LogP contribution in [0.2, 0.25) is 0 Å². The molecule has 7 heteroatoms. The minimum Gasteiger partial charge on any atom is -0.392 e. The average molecular weight is 317 g/mol. The van der Waals surface area contributed by atoms with Crippen LogP contribution in [0, 0.1) is 0 Å². The summed E-state index contributed by atoms with van der Waals surface area (Å²) in [4.78, 5) is 0.117. The highest BCUT2D eigenvalue weighted by molar-refractivity contribution is 7.89. The fraction of sp³-hybridized carbons (Fsp3) is 0.571. The van der Waals surface area contributed by atoms with Crippen molar-refractivity contribution in [2.75, 3.05) is 34.0 Å². The lowest BCUT2D eigenvalue weighted by Gasteiger charge is -2.28. The minimum atomic E-state index is -3.72. The van der Waals surface area contributed by atoms with Gasteiger partial charge in [0.2, 0.25) is 10.0 Å². The summed E-state index contributed by atoms with van der Waals surface area (Å²) >= 11 is 0. The summed E-state index contributed by atoms with van der Waals surface area (Å²) in [7, 11) is -0.676. The normalized spacial score (nSPS) is 13.6. The average Bonchev–Trinajstić information content (AvgIpc) is 2.47. The van der Waals surface area contributed by atoms with Gasteiger partial charge < -0.3 is 14.6 Å². The van der Waals surface area contributed by atoms with Crippen molar-refractivity contribution >= 4 is 10.0 Å². The summed E-state index contributed by atoms with van der Waals surface area (Å²) in [5, 5.41) is 9.35. The molecule has 0 radical (unpaired) electrons. The first-order valence-electron chi connectivity index (χ1n) is 6.67. The lowest BCUT2D eigenvalue weighted by molar-refractivity contribution is 0.119. The van der Waals surface area contributed by atoms with Gasteiger partial charge in [0.15, 0.2) is 0 Å². The molecule has 0 aliphatic heterocycles. The number of hydrogen-bond donors (Lipinski definition) is 1. The van der Waals surface area contributed by atoms with Gasteiger partial charge in [-0.05, 0) is 18.6 Å². The number of benzene rings is 1. The first kappa shape index (κ1) is 18.1. The summed E-state index contributed by atoms with van der Waals surface area (Å²) in [5.41, 5.74) is 0.379. The Hall–Kier alpha value is -0.990. The number of ether oxygens (including phenoxy) is 2. The Bertz CT molecular complexity index is 532. The molecule has 0 heterocycles. The monoisotopic (exact) mass is 317 g/mol. The molecule has 0 fully saturated rings. The number of sulfonamides is 1. The van der Waals surface area contributed by atoms with Crippen LogP contribution in [0.25, 0.3) is 0 Å². The first-order valence-corrected chi connectivity index (χ1v) is 8.11. The maximum absolute atomic E-state index is 12.8. The number of hydrogen-bond acceptors (Lipinski definition) is 5. The molecule has 0 aliphatic carbocycles. The van der Waals surface area contributed by atoms with E-state index in [1.807, 2.05) is 0 Å². The molecule has 1 aromatic rings. The van der Waals surface area contributed by atoms with Gasteiger partial charge in [-0.3, -0.25) is 0 Å². The molecule has 0 saturated heterocycles. The van der Waals surface area contributed by atoms with Gasteiger partial charge in [0, 0.05) is 26.8 Å². The molecule has 1 N–H and O–H groups in total. The molecular weight excluding hydrogens is 294 g/mol. The number of nitrogens with zero attached hydrogens (tertiary/aromatic N) is 1. The van der Waals surface area contributed by atoms with Crippen molar-refractivity contribution in [1.29, 1.82) is 0 Å². The summed E-state index contributed by atoms with van der Waals surface area (Å²) in [6.07, 6.45) is 0. The quantitative estimate of drug-likeness (QED) is 0.731. The van der Waals surface area contributed by atoms with E-state index >= 15 is 0 Å². The SMILES string of the molecule is COCCN(C(C)COC)S(=O)(=O)c1ccccc1CO. The van der Waals surface area contributed by atoms with Crippen LogP contribution in [0.1, 0.15) is 12.5 Å². The van der Waals surface area contributed by atoms with Crippen LogP contribution in [0.5, 0.6) is 0 Å². The summed E-state index contributed by atoms with van der Waals surface area (Å²) in [6, 6.07) is 6.11. The highest BCUT2D eigenvalue weighted by atomic mass is 32.2. The van der Waals surface area contributed by atoms with Gasteiger partial charge in [-0.25, -0.2) is 8.42 Å². The molecule has 0 bridgehead atoms. The van der Waals surface area contributed by atoms with E-state index in [0.29, 0.717) is 5.56 Å². The van der Waals surface area contributed by atoms with Crippen molar-refractivity contribution in [2.45, 2.75) is 24.5 Å². The van der Waals surface area contributed by atoms with Gasteiger partial charge in [0.25, 0.3) is 0 Å². The van der Waals surface area contributed by atoms with Crippen LogP contribution < -0.4 is 0 Å². The molecule has 0 saturated carbocycles.